The lowest BCUT2D eigenvalue weighted by Gasteiger charge is -2.22. The van der Waals surface area contributed by atoms with Crippen molar-refractivity contribution in [3.63, 3.8) is 0 Å². The highest BCUT2D eigenvalue weighted by Crippen LogP contribution is 2.42. The molecule has 0 atom stereocenters. The van der Waals surface area contributed by atoms with Crippen molar-refractivity contribution >= 4 is 35.7 Å². The Morgan fingerprint density at radius 2 is 1.00 bits per heavy atom. The Morgan fingerprint density at radius 3 is 1.19 bits per heavy atom. The second-order valence-electron chi connectivity index (χ2n) is 2.94. The predicted octanol–water partition coefficient (Wildman–Crippen LogP) is 3.30. The molecule has 0 fully saturated rings. The molecule has 3 radical (unpaired) electrons. The number of hydrogen-bond donors (Lipinski definition) is 0. The van der Waals surface area contributed by atoms with E-state index in [1.807, 2.05) is 36.7 Å². The van der Waals surface area contributed by atoms with Crippen molar-refractivity contribution in [1.82, 2.24) is 0 Å². The molecule has 7 heteroatoms. The summed E-state index contributed by atoms with van der Waals surface area (Å²) in [6, 6.07) is 0. The van der Waals surface area contributed by atoms with Gasteiger partial charge in [0.1, 0.15) is 0 Å². The highest BCUT2D eigenvalue weighted by atomic mass is 31.2. The maximum atomic E-state index is 5.70. The number of rotatable bonds is 9. The first-order valence-corrected chi connectivity index (χ1v) is 11.8. The van der Waals surface area contributed by atoms with Gasteiger partial charge in [-0.25, -0.2) is 0 Å². The molecule has 0 saturated carbocycles. The van der Waals surface area contributed by atoms with Gasteiger partial charge in [-0.3, -0.25) is 0 Å². The molecular formula is C9H18O3PSi3. The van der Waals surface area contributed by atoms with E-state index in [-0.39, 0.29) is 0 Å². The van der Waals surface area contributed by atoms with Gasteiger partial charge in [-0.1, -0.05) is 17.1 Å². The largest absolute Gasteiger partial charge is 0.351 e. The van der Waals surface area contributed by atoms with E-state index in [4.69, 9.17) is 12.6 Å². The van der Waals surface area contributed by atoms with Crippen LogP contribution >= 0.6 is 8.60 Å². The number of hydrogen-bond acceptors (Lipinski definition) is 3. The smallest absolute Gasteiger partial charge is 0.300 e. The molecular weight excluding hydrogens is 271 g/mol. The summed E-state index contributed by atoms with van der Waals surface area (Å²) in [6.45, 7) is 17.1. The lowest BCUT2D eigenvalue weighted by atomic mass is 11.3. The molecule has 0 aliphatic heterocycles. The Hall–Kier alpha value is 0.181. The summed E-state index contributed by atoms with van der Waals surface area (Å²) < 4.78 is 17.1. The molecule has 0 bridgehead atoms. The lowest BCUT2D eigenvalue weighted by molar-refractivity contribution is 0.408. The first-order valence-electron chi connectivity index (χ1n) is 4.75. The topological polar surface area (TPSA) is 27.7 Å². The minimum absolute atomic E-state index is 1.03. The van der Waals surface area contributed by atoms with Crippen molar-refractivity contribution in [3.05, 3.63) is 36.8 Å². The monoisotopic (exact) mass is 289 g/mol. The molecule has 16 heavy (non-hydrogen) atoms. The van der Waals surface area contributed by atoms with Crippen molar-refractivity contribution in [2.24, 2.45) is 0 Å². The second kappa shape index (κ2) is 9.24. The first kappa shape index (κ1) is 16.2. The molecule has 0 saturated heterocycles. The van der Waals surface area contributed by atoms with Crippen molar-refractivity contribution in [2.75, 3.05) is 0 Å². The summed E-state index contributed by atoms with van der Waals surface area (Å²) in [7, 11) is -4.36. The van der Waals surface area contributed by atoms with E-state index in [0.717, 1.165) is 0 Å². The van der Waals surface area contributed by atoms with Gasteiger partial charge in [0.05, 0.1) is 0 Å². The van der Waals surface area contributed by atoms with Crippen LogP contribution in [0.25, 0.3) is 0 Å². The van der Waals surface area contributed by atoms with Crippen LogP contribution in [0.5, 0.6) is 0 Å². The summed E-state index contributed by atoms with van der Waals surface area (Å²) in [4.78, 5) is 0. The third-order valence-electron chi connectivity index (χ3n) is 1.52. The van der Waals surface area contributed by atoms with Crippen molar-refractivity contribution < 1.29 is 12.6 Å². The normalized spacial score (nSPS) is 11.4. The maximum absolute atomic E-state index is 5.70. The minimum Gasteiger partial charge on any atom is -0.351 e. The minimum atomic E-state index is -1.27. The summed E-state index contributed by atoms with van der Waals surface area (Å²) >= 11 is 0. The van der Waals surface area contributed by atoms with Gasteiger partial charge >= 0.3 is 8.60 Å². The fourth-order valence-corrected chi connectivity index (χ4v) is 5.69. The van der Waals surface area contributed by atoms with E-state index in [0.29, 0.717) is 0 Å². The van der Waals surface area contributed by atoms with Gasteiger partial charge in [-0.05, 0) is 19.6 Å². The zero-order valence-electron chi connectivity index (χ0n) is 10.0. The van der Waals surface area contributed by atoms with Gasteiger partial charge in [0, 0.05) is 0 Å². The van der Waals surface area contributed by atoms with Gasteiger partial charge < -0.3 is 12.6 Å². The fraction of sp³-hybridized carbons (Fsp3) is 0.333. The molecule has 0 unspecified atom stereocenters. The van der Waals surface area contributed by atoms with Crippen LogP contribution in [-0.4, -0.2) is 27.1 Å². The molecule has 0 aromatic rings. The second-order valence-corrected chi connectivity index (χ2v) is 10.5. The molecule has 0 spiro atoms. The molecule has 0 rings (SSSR count). The van der Waals surface area contributed by atoms with E-state index in [1.165, 1.54) is 0 Å². The van der Waals surface area contributed by atoms with Crippen LogP contribution in [0, 0.1) is 0 Å². The standard InChI is InChI=1S/C9H18O3PSi3/c1-7-14(4)10-13(11-15(5)8-2)12-16(6)9-3/h7-9H,1-3H2,4-6H3. The van der Waals surface area contributed by atoms with Crippen molar-refractivity contribution in [3.8, 4) is 0 Å². The average molecular weight is 289 g/mol. The molecule has 0 amide bonds. The molecule has 0 aromatic heterocycles. The van der Waals surface area contributed by atoms with Crippen LogP contribution < -0.4 is 0 Å². The van der Waals surface area contributed by atoms with Gasteiger partial charge in [0.25, 0.3) is 0 Å². The average Bonchev–Trinajstić information content (AvgIpc) is 2.28. The zero-order valence-corrected chi connectivity index (χ0v) is 13.9. The maximum Gasteiger partial charge on any atom is 0.300 e. The van der Waals surface area contributed by atoms with Crippen molar-refractivity contribution in [2.45, 2.75) is 19.6 Å². The quantitative estimate of drug-likeness (QED) is 0.481. The highest BCUT2D eigenvalue weighted by molar-refractivity contribution is 7.46. The third kappa shape index (κ3) is 7.45. The zero-order chi connectivity index (χ0) is 12.6. The van der Waals surface area contributed by atoms with E-state index < -0.39 is 35.7 Å². The van der Waals surface area contributed by atoms with E-state index in [9.17, 15) is 0 Å². The fourth-order valence-electron chi connectivity index (χ4n) is 0.520. The van der Waals surface area contributed by atoms with Gasteiger partial charge in [-0.15, -0.1) is 19.7 Å². The molecule has 0 aromatic carbocycles. The van der Waals surface area contributed by atoms with Crippen LogP contribution in [0.15, 0.2) is 36.8 Å². The molecule has 0 heterocycles. The molecule has 89 valence electrons. The Morgan fingerprint density at radius 1 is 0.750 bits per heavy atom. The van der Waals surface area contributed by atoms with Gasteiger partial charge in [0.2, 0.25) is 27.1 Å². The Balaban J connectivity index is 4.30. The molecule has 0 aliphatic carbocycles. The van der Waals surface area contributed by atoms with Crippen molar-refractivity contribution in [1.29, 1.82) is 0 Å². The SMILES string of the molecule is C=C[Si](C)OP(O[Si](C)C=C)O[Si](C)C=C. The first-order chi connectivity index (χ1) is 7.53. The summed E-state index contributed by atoms with van der Waals surface area (Å²) in [5.74, 6) is 0. The van der Waals surface area contributed by atoms with Crippen LogP contribution in [0.4, 0.5) is 0 Å². The van der Waals surface area contributed by atoms with Crippen LogP contribution in [0.2, 0.25) is 19.6 Å². The summed E-state index contributed by atoms with van der Waals surface area (Å²) in [5.41, 5.74) is 5.45. The van der Waals surface area contributed by atoms with Crippen LogP contribution in [-0.2, 0) is 12.6 Å². The molecule has 0 aliphatic rings. The van der Waals surface area contributed by atoms with Crippen LogP contribution in [0.1, 0.15) is 0 Å². The van der Waals surface area contributed by atoms with Gasteiger partial charge in [-0.2, -0.15) is 0 Å². The van der Waals surface area contributed by atoms with E-state index in [2.05, 4.69) is 19.7 Å². The van der Waals surface area contributed by atoms with E-state index >= 15 is 0 Å². The summed E-state index contributed by atoms with van der Waals surface area (Å²) in [5, 5.41) is 0. The van der Waals surface area contributed by atoms with Crippen LogP contribution in [0.3, 0.4) is 0 Å². The third-order valence-corrected chi connectivity index (χ3v) is 8.49. The molecule has 0 N–H and O–H groups in total. The highest BCUT2D eigenvalue weighted by Gasteiger charge is 2.21. The Labute approximate surface area is 105 Å². The lowest BCUT2D eigenvalue weighted by Crippen LogP contribution is -2.17. The Kier molecular flexibility index (Phi) is 9.34. The Bertz CT molecular complexity index is 202. The van der Waals surface area contributed by atoms with E-state index in [1.54, 1.807) is 0 Å². The predicted molar refractivity (Wildman–Crippen MR) is 75.6 cm³/mol. The molecule has 3 nitrogen and oxygen atoms in total. The van der Waals surface area contributed by atoms with Gasteiger partial charge in [0.15, 0.2) is 0 Å². The summed E-state index contributed by atoms with van der Waals surface area (Å²) in [6.07, 6.45) is 0.